The molecule has 3 rings (SSSR count). The van der Waals surface area contributed by atoms with Gasteiger partial charge < -0.3 is 25.0 Å². The SMILES string of the molecule is CC(C)(C)OC(=O)N1CCOC(C(NCCC(=O)NC2CCCC2)C2CC2)C1. The van der Waals surface area contributed by atoms with Crippen LogP contribution in [0.15, 0.2) is 0 Å². The number of hydrogen-bond donors (Lipinski definition) is 2. The van der Waals surface area contributed by atoms with Gasteiger partial charge >= 0.3 is 6.09 Å². The Morgan fingerprint density at radius 2 is 1.89 bits per heavy atom. The minimum atomic E-state index is -0.494. The molecule has 0 aromatic heterocycles. The van der Waals surface area contributed by atoms with E-state index in [1.54, 1.807) is 4.90 Å². The number of ether oxygens (including phenoxy) is 2. The van der Waals surface area contributed by atoms with Crippen LogP contribution in [-0.2, 0) is 14.3 Å². The fourth-order valence-electron chi connectivity index (χ4n) is 4.16. The van der Waals surface area contributed by atoms with Crippen molar-refractivity contribution in [3.05, 3.63) is 0 Å². The van der Waals surface area contributed by atoms with Crippen LogP contribution in [0, 0.1) is 5.92 Å². The third-order valence-electron chi connectivity index (χ3n) is 5.73. The first kappa shape index (κ1) is 21.4. The summed E-state index contributed by atoms with van der Waals surface area (Å²) < 4.78 is 11.5. The molecule has 0 bridgehead atoms. The molecule has 0 spiro atoms. The number of morpholine rings is 1. The summed E-state index contributed by atoms with van der Waals surface area (Å²) in [5, 5.41) is 6.69. The van der Waals surface area contributed by atoms with Crippen LogP contribution in [0.25, 0.3) is 0 Å². The lowest BCUT2D eigenvalue weighted by molar-refractivity contribution is -0.121. The summed E-state index contributed by atoms with van der Waals surface area (Å²) in [6.07, 6.45) is 7.19. The molecule has 2 unspecified atom stereocenters. The molecular formula is C21H37N3O4. The van der Waals surface area contributed by atoms with Gasteiger partial charge in [-0.15, -0.1) is 0 Å². The minimum Gasteiger partial charge on any atom is -0.444 e. The minimum absolute atomic E-state index is 0.0494. The van der Waals surface area contributed by atoms with E-state index in [9.17, 15) is 9.59 Å². The summed E-state index contributed by atoms with van der Waals surface area (Å²) in [6, 6.07) is 0.556. The van der Waals surface area contributed by atoms with Crippen LogP contribution >= 0.6 is 0 Å². The number of carbonyl (C=O) groups is 2. The van der Waals surface area contributed by atoms with Gasteiger partial charge in [-0.1, -0.05) is 12.8 Å². The maximum absolute atomic E-state index is 12.4. The van der Waals surface area contributed by atoms with Crippen LogP contribution in [-0.4, -0.2) is 66.9 Å². The van der Waals surface area contributed by atoms with Crippen molar-refractivity contribution in [3.8, 4) is 0 Å². The zero-order chi connectivity index (χ0) is 20.1. The van der Waals surface area contributed by atoms with Gasteiger partial charge in [0.25, 0.3) is 0 Å². The maximum Gasteiger partial charge on any atom is 0.410 e. The highest BCUT2D eigenvalue weighted by atomic mass is 16.6. The monoisotopic (exact) mass is 395 g/mol. The van der Waals surface area contributed by atoms with Crippen molar-refractivity contribution < 1.29 is 19.1 Å². The van der Waals surface area contributed by atoms with Crippen molar-refractivity contribution in [1.82, 2.24) is 15.5 Å². The predicted octanol–water partition coefficient (Wildman–Crippen LogP) is 2.44. The van der Waals surface area contributed by atoms with E-state index in [0.717, 1.165) is 12.8 Å². The molecular weight excluding hydrogens is 358 g/mol. The average molecular weight is 396 g/mol. The van der Waals surface area contributed by atoms with Crippen molar-refractivity contribution in [2.24, 2.45) is 5.92 Å². The molecule has 3 fully saturated rings. The standard InChI is InChI=1S/C21H37N3O4/c1-21(2,3)28-20(26)24-12-13-27-17(14-24)19(15-8-9-15)22-11-10-18(25)23-16-6-4-5-7-16/h15-17,19,22H,4-14H2,1-3H3,(H,23,25). The second kappa shape index (κ2) is 9.44. The van der Waals surface area contributed by atoms with E-state index < -0.39 is 5.60 Å². The van der Waals surface area contributed by atoms with Crippen molar-refractivity contribution >= 4 is 12.0 Å². The quantitative estimate of drug-likeness (QED) is 0.692. The molecule has 28 heavy (non-hydrogen) atoms. The van der Waals surface area contributed by atoms with E-state index >= 15 is 0 Å². The Kier molecular flexibility index (Phi) is 7.20. The Morgan fingerprint density at radius 1 is 1.18 bits per heavy atom. The second-order valence-corrected chi connectivity index (χ2v) is 9.45. The lowest BCUT2D eigenvalue weighted by atomic mass is 10.0. The third-order valence-corrected chi connectivity index (χ3v) is 5.73. The Morgan fingerprint density at radius 3 is 2.54 bits per heavy atom. The first-order valence-corrected chi connectivity index (χ1v) is 10.9. The number of amides is 2. The molecule has 1 saturated heterocycles. The molecule has 2 saturated carbocycles. The van der Waals surface area contributed by atoms with Crippen molar-refractivity contribution in [1.29, 1.82) is 0 Å². The van der Waals surface area contributed by atoms with Gasteiger partial charge in [-0.2, -0.15) is 0 Å². The number of hydrogen-bond acceptors (Lipinski definition) is 5. The zero-order valence-corrected chi connectivity index (χ0v) is 17.7. The molecule has 7 heteroatoms. The molecule has 0 radical (unpaired) electrons. The van der Waals surface area contributed by atoms with Crippen molar-refractivity contribution in [2.75, 3.05) is 26.2 Å². The molecule has 2 amide bonds. The highest BCUT2D eigenvalue weighted by molar-refractivity contribution is 5.76. The van der Waals surface area contributed by atoms with E-state index in [4.69, 9.17) is 9.47 Å². The van der Waals surface area contributed by atoms with E-state index in [1.807, 2.05) is 20.8 Å². The topological polar surface area (TPSA) is 79.9 Å². The van der Waals surface area contributed by atoms with E-state index in [-0.39, 0.29) is 24.1 Å². The van der Waals surface area contributed by atoms with Crippen molar-refractivity contribution in [2.45, 2.75) is 89.5 Å². The molecule has 2 atom stereocenters. The third kappa shape index (κ3) is 6.62. The zero-order valence-electron chi connectivity index (χ0n) is 17.7. The number of nitrogens with zero attached hydrogens (tertiary/aromatic N) is 1. The van der Waals surface area contributed by atoms with Crippen LogP contribution in [0.1, 0.15) is 65.7 Å². The molecule has 2 N–H and O–H groups in total. The van der Waals surface area contributed by atoms with Gasteiger partial charge in [0.1, 0.15) is 5.60 Å². The second-order valence-electron chi connectivity index (χ2n) is 9.45. The summed E-state index contributed by atoms with van der Waals surface area (Å²) in [4.78, 5) is 26.3. The lowest BCUT2D eigenvalue weighted by Crippen LogP contribution is -2.55. The molecule has 3 aliphatic rings. The van der Waals surface area contributed by atoms with E-state index in [0.29, 0.717) is 44.6 Å². The normalized spacial score (nSPS) is 24.8. The highest BCUT2D eigenvalue weighted by Gasteiger charge is 2.40. The largest absolute Gasteiger partial charge is 0.444 e. The Bertz CT molecular complexity index is 538. The number of rotatable bonds is 7. The number of nitrogens with one attached hydrogen (secondary N) is 2. The summed E-state index contributed by atoms with van der Waals surface area (Å²) in [5.74, 6) is 0.704. The predicted molar refractivity (Wildman–Crippen MR) is 107 cm³/mol. The highest BCUT2D eigenvalue weighted by Crippen LogP contribution is 2.35. The summed E-state index contributed by atoms with van der Waals surface area (Å²) in [6.45, 7) is 7.92. The molecule has 2 aliphatic carbocycles. The maximum atomic E-state index is 12.4. The fraction of sp³-hybridized carbons (Fsp3) is 0.905. The molecule has 7 nitrogen and oxygen atoms in total. The lowest BCUT2D eigenvalue weighted by Gasteiger charge is -2.38. The number of carbonyl (C=O) groups excluding carboxylic acids is 2. The van der Waals surface area contributed by atoms with Crippen LogP contribution < -0.4 is 10.6 Å². The fourth-order valence-corrected chi connectivity index (χ4v) is 4.16. The Hall–Kier alpha value is -1.34. The van der Waals surface area contributed by atoms with Gasteiger partial charge in [0.2, 0.25) is 5.91 Å². The van der Waals surface area contributed by atoms with Crippen LogP contribution in [0.2, 0.25) is 0 Å². The summed E-state index contributed by atoms with van der Waals surface area (Å²) in [7, 11) is 0. The van der Waals surface area contributed by atoms with Crippen LogP contribution in [0.3, 0.4) is 0 Å². The van der Waals surface area contributed by atoms with Gasteiger partial charge in [0.05, 0.1) is 19.3 Å². The molecule has 1 aliphatic heterocycles. The van der Waals surface area contributed by atoms with E-state index in [1.165, 1.54) is 25.7 Å². The molecule has 0 aromatic carbocycles. The smallest absolute Gasteiger partial charge is 0.410 e. The van der Waals surface area contributed by atoms with Crippen LogP contribution in [0.4, 0.5) is 4.79 Å². The van der Waals surface area contributed by atoms with Gasteiger partial charge in [0, 0.05) is 31.6 Å². The van der Waals surface area contributed by atoms with Crippen molar-refractivity contribution in [3.63, 3.8) is 0 Å². The molecule has 160 valence electrons. The molecule has 0 aromatic rings. The van der Waals surface area contributed by atoms with Gasteiger partial charge in [-0.05, 0) is 52.4 Å². The Balaban J connectivity index is 1.45. The first-order chi connectivity index (χ1) is 13.3. The Labute approximate surface area is 168 Å². The first-order valence-electron chi connectivity index (χ1n) is 10.9. The average Bonchev–Trinajstić information content (AvgIpc) is 3.34. The van der Waals surface area contributed by atoms with Gasteiger partial charge in [-0.3, -0.25) is 4.79 Å². The van der Waals surface area contributed by atoms with Crippen LogP contribution in [0.5, 0.6) is 0 Å². The molecule has 1 heterocycles. The van der Waals surface area contributed by atoms with Gasteiger partial charge in [-0.25, -0.2) is 4.79 Å². The summed E-state index contributed by atoms with van der Waals surface area (Å²) >= 11 is 0. The summed E-state index contributed by atoms with van der Waals surface area (Å²) in [5.41, 5.74) is -0.494. The van der Waals surface area contributed by atoms with E-state index in [2.05, 4.69) is 10.6 Å². The van der Waals surface area contributed by atoms with Gasteiger partial charge in [0.15, 0.2) is 0 Å².